The predicted octanol–water partition coefficient (Wildman–Crippen LogP) is 6.12. The first-order valence-electron chi connectivity index (χ1n) is 8.12. The van der Waals surface area contributed by atoms with Gasteiger partial charge in [-0.05, 0) is 42.0 Å². The molecule has 0 fully saturated rings. The number of aromatic nitrogens is 2. The first-order chi connectivity index (χ1) is 12.9. The van der Waals surface area contributed by atoms with Gasteiger partial charge in [0.05, 0.1) is 11.3 Å². The Kier molecular flexibility index (Phi) is 4.11. The molecule has 0 aliphatic carbocycles. The van der Waals surface area contributed by atoms with Crippen LogP contribution in [-0.4, -0.2) is 9.97 Å². The van der Waals surface area contributed by atoms with Gasteiger partial charge in [-0.2, -0.15) is 13.2 Å². The summed E-state index contributed by atoms with van der Waals surface area (Å²) in [6, 6.07) is 16.3. The Morgan fingerprint density at radius 2 is 1.44 bits per heavy atom. The first kappa shape index (κ1) is 17.1. The number of nitrogens with zero attached hydrogens (tertiary/aromatic N) is 2. The summed E-state index contributed by atoms with van der Waals surface area (Å²) >= 11 is 0. The molecule has 0 atom stereocenters. The monoisotopic (exact) mass is 368 g/mol. The van der Waals surface area contributed by atoms with E-state index in [-0.39, 0.29) is 22.5 Å². The van der Waals surface area contributed by atoms with Crippen LogP contribution in [0.1, 0.15) is 5.56 Å². The van der Waals surface area contributed by atoms with Crippen molar-refractivity contribution < 1.29 is 17.6 Å². The molecule has 0 bridgehead atoms. The van der Waals surface area contributed by atoms with Crippen molar-refractivity contribution in [2.75, 3.05) is 0 Å². The molecule has 0 saturated carbocycles. The zero-order valence-corrected chi connectivity index (χ0v) is 13.8. The third-order valence-corrected chi connectivity index (χ3v) is 4.22. The van der Waals surface area contributed by atoms with Gasteiger partial charge >= 0.3 is 6.18 Å². The second kappa shape index (κ2) is 6.46. The molecule has 0 N–H and O–H groups in total. The number of halogens is 4. The second-order valence-electron chi connectivity index (χ2n) is 5.96. The maximum Gasteiger partial charge on any atom is 0.419 e. The molecule has 2 heterocycles. The number of hydrogen-bond acceptors (Lipinski definition) is 2. The Balaban J connectivity index is 2.17. The van der Waals surface area contributed by atoms with Crippen LogP contribution in [0, 0.1) is 5.82 Å². The van der Waals surface area contributed by atoms with Crippen molar-refractivity contribution in [1.29, 1.82) is 0 Å². The van der Waals surface area contributed by atoms with E-state index in [1.165, 1.54) is 18.3 Å². The SMILES string of the molecule is Fc1ccc(-c2nc3ncccc3c(-c3ccccc3)c2C(F)(F)F)cc1. The third-order valence-electron chi connectivity index (χ3n) is 4.22. The van der Waals surface area contributed by atoms with E-state index in [1.807, 2.05) is 0 Å². The van der Waals surface area contributed by atoms with Crippen molar-refractivity contribution >= 4 is 11.0 Å². The van der Waals surface area contributed by atoms with E-state index in [2.05, 4.69) is 9.97 Å². The van der Waals surface area contributed by atoms with Crippen LogP contribution in [0.3, 0.4) is 0 Å². The molecule has 2 aromatic heterocycles. The Labute approximate surface area is 152 Å². The van der Waals surface area contributed by atoms with Crippen molar-refractivity contribution in [3.63, 3.8) is 0 Å². The second-order valence-corrected chi connectivity index (χ2v) is 5.96. The highest BCUT2D eigenvalue weighted by Crippen LogP contribution is 2.45. The average Bonchev–Trinajstić information content (AvgIpc) is 2.67. The molecule has 0 spiro atoms. The minimum absolute atomic E-state index is 0.0144. The van der Waals surface area contributed by atoms with Crippen LogP contribution in [0.25, 0.3) is 33.4 Å². The standard InChI is InChI=1S/C21H12F4N2/c22-15-10-8-14(9-11-15)19-18(21(23,24)25)17(13-5-2-1-3-6-13)16-7-4-12-26-20(16)27-19/h1-12H. The Bertz CT molecular complexity index is 1100. The van der Waals surface area contributed by atoms with Gasteiger partial charge in [0.2, 0.25) is 0 Å². The Morgan fingerprint density at radius 1 is 0.741 bits per heavy atom. The van der Waals surface area contributed by atoms with Crippen molar-refractivity contribution in [2.24, 2.45) is 0 Å². The van der Waals surface area contributed by atoms with Crippen LogP contribution >= 0.6 is 0 Å². The highest BCUT2D eigenvalue weighted by Gasteiger charge is 2.39. The summed E-state index contributed by atoms with van der Waals surface area (Å²) in [5, 5.41) is 0.307. The molecule has 134 valence electrons. The molecule has 0 unspecified atom stereocenters. The highest BCUT2D eigenvalue weighted by atomic mass is 19.4. The summed E-state index contributed by atoms with van der Waals surface area (Å²) < 4.78 is 55.7. The zero-order chi connectivity index (χ0) is 19.0. The van der Waals surface area contributed by atoms with Crippen LogP contribution in [0.15, 0.2) is 72.9 Å². The van der Waals surface area contributed by atoms with Gasteiger partial charge in [0, 0.05) is 22.7 Å². The van der Waals surface area contributed by atoms with E-state index in [1.54, 1.807) is 42.5 Å². The van der Waals surface area contributed by atoms with Gasteiger partial charge in [-0.3, -0.25) is 0 Å². The number of pyridine rings is 2. The number of hydrogen-bond donors (Lipinski definition) is 0. The van der Waals surface area contributed by atoms with E-state index >= 15 is 0 Å². The number of fused-ring (bicyclic) bond motifs is 1. The molecule has 0 aliphatic rings. The lowest BCUT2D eigenvalue weighted by Gasteiger charge is -2.19. The molecule has 0 aliphatic heterocycles. The van der Waals surface area contributed by atoms with Crippen LogP contribution in [0.5, 0.6) is 0 Å². The van der Waals surface area contributed by atoms with Crippen LogP contribution in [0.2, 0.25) is 0 Å². The number of rotatable bonds is 2. The normalized spacial score (nSPS) is 11.7. The summed E-state index contributed by atoms with van der Waals surface area (Å²) in [5.41, 5.74) is -0.334. The highest BCUT2D eigenvalue weighted by molar-refractivity contribution is 5.98. The topological polar surface area (TPSA) is 25.8 Å². The maximum absolute atomic E-state index is 14.2. The lowest BCUT2D eigenvalue weighted by atomic mass is 9.92. The van der Waals surface area contributed by atoms with E-state index < -0.39 is 17.6 Å². The minimum atomic E-state index is -4.66. The van der Waals surface area contributed by atoms with Gasteiger partial charge < -0.3 is 0 Å². The molecule has 0 radical (unpaired) electrons. The molecular weight excluding hydrogens is 356 g/mol. The van der Waals surface area contributed by atoms with Gasteiger partial charge in [0.1, 0.15) is 5.82 Å². The quantitative estimate of drug-likeness (QED) is 0.398. The zero-order valence-electron chi connectivity index (χ0n) is 13.8. The molecular formula is C21H12F4N2. The van der Waals surface area contributed by atoms with Crippen molar-refractivity contribution in [3.05, 3.63) is 84.3 Å². The summed E-state index contributed by atoms with van der Waals surface area (Å²) in [7, 11) is 0. The van der Waals surface area contributed by atoms with E-state index in [0.717, 1.165) is 12.1 Å². The third kappa shape index (κ3) is 3.14. The van der Waals surface area contributed by atoms with Gasteiger partial charge in [-0.15, -0.1) is 0 Å². The van der Waals surface area contributed by atoms with Crippen LogP contribution in [0.4, 0.5) is 17.6 Å². The van der Waals surface area contributed by atoms with Crippen molar-refractivity contribution in [1.82, 2.24) is 9.97 Å². The van der Waals surface area contributed by atoms with Gasteiger partial charge in [-0.1, -0.05) is 30.3 Å². The fraction of sp³-hybridized carbons (Fsp3) is 0.0476. The molecule has 2 nitrogen and oxygen atoms in total. The minimum Gasteiger partial charge on any atom is -0.237 e. The van der Waals surface area contributed by atoms with E-state index in [9.17, 15) is 17.6 Å². The van der Waals surface area contributed by atoms with E-state index in [0.29, 0.717) is 10.9 Å². The summed E-state index contributed by atoms with van der Waals surface area (Å²) in [4.78, 5) is 8.32. The smallest absolute Gasteiger partial charge is 0.237 e. The lowest BCUT2D eigenvalue weighted by molar-refractivity contribution is -0.136. The molecule has 27 heavy (non-hydrogen) atoms. The lowest BCUT2D eigenvalue weighted by Crippen LogP contribution is -2.12. The largest absolute Gasteiger partial charge is 0.419 e. The summed E-state index contributed by atoms with van der Waals surface area (Å²) in [6.45, 7) is 0. The summed E-state index contributed by atoms with van der Waals surface area (Å²) in [6.07, 6.45) is -3.18. The Morgan fingerprint density at radius 3 is 2.11 bits per heavy atom. The molecule has 0 saturated heterocycles. The summed E-state index contributed by atoms with van der Waals surface area (Å²) in [5.74, 6) is -0.533. The predicted molar refractivity (Wildman–Crippen MR) is 95.4 cm³/mol. The number of alkyl halides is 3. The van der Waals surface area contributed by atoms with Crippen LogP contribution < -0.4 is 0 Å². The molecule has 4 rings (SSSR count). The molecule has 6 heteroatoms. The van der Waals surface area contributed by atoms with Gasteiger partial charge in [0.25, 0.3) is 0 Å². The van der Waals surface area contributed by atoms with E-state index in [4.69, 9.17) is 0 Å². The van der Waals surface area contributed by atoms with Gasteiger partial charge in [-0.25, -0.2) is 14.4 Å². The van der Waals surface area contributed by atoms with Crippen LogP contribution in [-0.2, 0) is 6.18 Å². The van der Waals surface area contributed by atoms with Gasteiger partial charge in [0.15, 0.2) is 5.65 Å². The number of benzene rings is 2. The average molecular weight is 368 g/mol. The molecule has 2 aromatic carbocycles. The molecule has 0 amide bonds. The fourth-order valence-electron chi connectivity index (χ4n) is 3.09. The van der Waals surface area contributed by atoms with Crippen molar-refractivity contribution in [2.45, 2.75) is 6.18 Å². The molecule has 4 aromatic rings. The Hall–Kier alpha value is -3.28. The first-order valence-corrected chi connectivity index (χ1v) is 8.12. The fourth-order valence-corrected chi connectivity index (χ4v) is 3.09. The van der Waals surface area contributed by atoms with Crippen molar-refractivity contribution in [3.8, 4) is 22.4 Å². The maximum atomic E-state index is 14.2.